The molecule has 1 saturated carbocycles. The van der Waals surface area contributed by atoms with E-state index in [0.29, 0.717) is 17.0 Å². The lowest BCUT2D eigenvalue weighted by Crippen LogP contribution is -2.46. The third-order valence-electron chi connectivity index (χ3n) is 5.72. The maximum absolute atomic E-state index is 12.7. The van der Waals surface area contributed by atoms with Crippen LogP contribution in [0.5, 0.6) is 0 Å². The lowest BCUT2D eigenvalue weighted by atomic mass is 9.78. The number of carbonyl (C=O) groups excluding carboxylic acids is 1. The Balaban J connectivity index is 1.70. The second kappa shape index (κ2) is 8.42. The maximum atomic E-state index is 12.7. The van der Waals surface area contributed by atoms with Crippen molar-refractivity contribution < 1.29 is 4.79 Å². The summed E-state index contributed by atoms with van der Waals surface area (Å²) >= 11 is 1.40. The van der Waals surface area contributed by atoms with Crippen LogP contribution < -0.4 is 5.32 Å². The average Bonchev–Trinajstić information content (AvgIpc) is 3.08. The van der Waals surface area contributed by atoms with Crippen molar-refractivity contribution in [2.24, 2.45) is 11.8 Å². The summed E-state index contributed by atoms with van der Waals surface area (Å²) in [5.74, 6) is 1.23. The molecule has 1 N–H and O–H groups in total. The molecule has 0 saturated heterocycles. The van der Waals surface area contributed by atoms with Crippen LogP contribution in [0, 0.1) is 25.7 Å². The van der Waals surface area contributed by atoms with Crippen LogP contribution in [0.2, 0.25) is 0 Å². The lowest BCUT2D eigenvalue weighted by Gasteiger charge is -2.35. The zero-order valence-electron chi connectivity index (χ0n) is 16.8. The van der Waals surface area contributed by atoms with Gasteiger partial charge in [-0.05, 0) is 66.6 Å². The third kappa shape index (κ3) is 4.51. The summed E-state index contributed by atoms with van der Waals surface area (Å²) < 4.78 is 1.72. The van der Waals surface area contributed by atoms with Crippen LogP contribution in [0.1, 0.15) is 51.2 Å². The van der Waals surface area contributed by atoms with E-state index >= 15 is 0 Å². The van der Waals surface area contributed by atoms with Crippen molar-refractivity contribution in [1.29, 1.82) is 0 Å². The zero-order valence-corrected chi connectivity index (χ0v) is 17.6. The van der Waals surface area contributed by atoms with Crippen LogP contribution in [0.3, 0.4) is 0 Å². The minimum Gasteiger partial charge on any atom is -0.352 e. The Morgan fingerprint density at radius 1 is 1.30 bits per heavy atom. The first-order valence-electron chi connectivity index (χ1n) is 9.70. The van der Waals surface area contributed by atoms with Crippen LogP contribution in [0.4, 0.5) is 0 Å². The quantitative estimate of drug-likeness (QED) is 0.792. The summed E-state index contributed by atoms with van der Waals surface area (Å²) in [5, 5.41) is 15.7. The number of nitrogens with zero attached hydrogens (tertiary/aromatic N) is 4. The Labute approximate surface area is 165 Å². The van der Waals surface area contributed by atoms with Crippen molar-refractivity contribution in [1.82, 2.24) is 25.5 Å². The molecule has 1 aliphatic rings. The summed E-state index contributed by atoms with van der Waals surface area (Å²) in [6.45, 7) is 10.5. The van der Waals surface area contributed by atoms with E-state index in [2.05, 4.69) is 52.9 Å². The molecule has 146 valence electrons. The van der Waals surface area contributed by atoms with Crippen molar-refractivity contribution in [2.45, 2.75) is 70.3 Å². The van der Waals surface area contributed by atoms with Crippen molar-refractivity contribution >= 4 is 17.7 Å². The van der Waals surface area contributed by atoms with Gasteiger partial charge >= 0.3 is 0 Å². The smallest absolute Gasteiger partial charge is 0.233 e. The van der Waals surface area contributed by atoms with Crippen molar-refractivity contribution in [2.75, 3.05) is 0 Å². The molecular weight excluding hydrogens is 358 g/mol. The van der Waals surface area contributed by atoms with E-state index in [1.165, 1.54) is 24.6 Å². The highest BCUT2D eigenvalue weighted by atomic mass is 32.2. The summed E-state index contributed by atoms with van der Waals surface area (Å²) in [5.41, 5.74) is 3.19. The molecule has 2 aromatic rings. The van der Waals surface area contributed by atoms with Gasteiger partial charge in [-0.2, -0.15) is 4.68 Å². The average molecular weight is 388 g/mol. The predicted octanol–water partition coefficient (Wildman–Crippen LogP) is 3.70. The van der Waals surface area contributed by atoms with Gasteiger partial charge < -0.3 is 5.32 Å². The molecule has 1 amide bonds. The number of carbonyl (C=O) groups is 1. The van der Waals surface area contributed by atoms with Gasteiger partial charge in [0.15, 0.2) is 0 Å². The molecule has 1 aromatic heterocycles. The van der Waals surface area contributed by atoms with Gasteiger partial charge in [-0.3, -0.25) is 4.79 Å². The molecule has 27 heavy (non-hydrogen) atoms. The van der Waals surface area contributed by atoms with Crippen molar-refractivity contribution in [3.63, 3.8) is 0 Å². The monoisotopic (exact) mass is 387 g/mol. The minimum absolute atomic E-state index is 0.0569. The lowest BCUT2D eigenvalue weighted by molar-refractivity contribution is -0.121. The van der Waals surface area contributed by atoms with Crippen LogP contribution in [-0.4, -0.2) is 37.4 Å². The normalized spacial score (nSPS) is 23.8. The Morgan fingerprint density at radius 3 is 2.85 bits per heavy atom. The molecule has 6 nitrogen and oxygen atoms in total. The molecule has 3 rings (SSSR count). The highest BCUT2D eigenvalue weighted by Crippen LogP contribution is 2.30. The fraction of sp³-hybridized carbons (Fsp3) is 0.600. The van der Waals surface area contributed by atoms with Gasteiger partial charge in [0.05, 0.1) is 10.9 Å². The first-order chi connectivity index (χ1) is 12.9. The number of thioether (sulfide) groups is 1. The summed E-state index contributed by atoms with van der Waals surface area (Å²) in [6, 6.07) is 6.45. The molecule has 0 bridgehead atoms. The van der Waals surface area contributed by atoms with Gasteiger partial charge in [-0.25, -0.2) is 0 Å². The number of hydrogen-bond acceptors (Lipinski definition) is 5. The zero-order chi connectivity index (χ0) is 19.6. The van der Waals surface area contributed by atoms with E-state index in [9.17, 15) is 4.79 Å². The number of aromatic nitrogens is 4. The molecule has 1 aromatic carbocycles. The Hall–Kier alpha value is -1.89. The largest absolute Gasteiger partial charge is 0.352 e. The Morgan fingerprint density at radius 2 is 2.07 bits per heavy atom. The molecule has 1 aliphatic carbocycles. The molecule has 0 spiro atoms. The van der Waals surface area contributed by atoms with Crippen LogP contribution >= 0.6 is 11.8 Å². The topological polar surface area (TPSA) is 72.7 Å². The van der Waals surface area contributed by atoms with Gasteiger partial charge in [0, 0.05) is 6.04 Å². The Bertz CT molecular complexity index is 805. The summed E-state index contributed by atoms with van der Waals surface area (Å²) in [6.07, 6.45) is 3.50. The van der Waals surface area contributed by atoms with Gasteiger partial charge in [0.25, 0.3) is 0 Å². The summed E-state index contributed by atoms with van der Waals surface area (Å²) in [4.78, 5) is 12.7. The highest BCUT2D eigenvalue weighted by molar-refractivity contribution is 8.00. The molecular formula is C20H29N5OS. The van der Waals surface area contributed by atoms with Crippen LogP contribution in [-0.2, 0) is 4.79 Å². The van der Waals surface area contributed by atoms with E-state index in [4.69, 9.17) is 0 Å². The van der Waals surface area contributed by atoms with E-state index in [0.717, 1.165) is 23.2 Å². The number of amides is 1. The third-order valence-corrected chi connectivity index (χ3v) is 6.75. The maximum Gasteiger partial charge on any atom is 0.233 e. The molecule has 1 fully saturated rings. The second-order valence-electron chi connectivity index (χ2n) is 7.81. The van der Waals surface area contributed by atoms with Crippen LogP contribution in [0.15, 0.2) is 23.4 Å². The number of aryl methyl sites for hydroxylation is 2. The van der Waals surface area contributed by atoms with Crippen LogP contribution in [0.25, 0.3) is 5.69 Å². The minimum atomic E-state index is -0.260. The predicted molar refractivity (Wildman–Crippen MR) is 108 cm³/mol. The highest BCUT2D eigenvalue weighted by Gasteiger charge is 2.30. The number of hydrogen-bond donors (Lipinski definition) is 1. The van der Waals surface area contributed by atoms with E-state index in [-0.39, 0.29) is 17.2 Å². The fourth-order valence-corrected chi connectivity index (χ4v) is 4.46. The molecule has 1 heterocycles. The van der Waals surface area contributed by atoms with Gasteiger partial charge in [0.1, 0.15) is 0 Å². The van der Waals surface area contributed by atoms with Gasteiger partial charge in [0.2, 0.25) is 11.1 Å². The SMILES string of the molecule is Cc1ccc(C)c(-n2nnnc2S[C@@H](C)C(=O)N[C@@H]2CCC[C@H](C)[C@@H]2C)c1. The molecule has 0 aliphatic heterocycles. The number of benzene rings is 1. The first-order valence-corrected chi connectivity index (χ1v) is 10.6. The van der Waals surface area contributed by atoms with E-state index in [1.807, 2.05) is 20.8 Å². The molecule has 0 unspecified atom stereocenters. The molecule has 7 heteroatoms. The van der Waals surface area contributed by atoms with E-state index < -0.39 is 0 Å². The van der Waals surface area contributed by atoms with Gasteiger partial charge in [-0.1, -0.05) is 50.6 Å². The first kappa shape index (κ1) is 19.9. The van der Waals surface area contributed by atoms with Crippen molar-refractivity contribution in [3.05, 3.63) is 29.3 Å². The summed E-state index contributed by atoms with van der Waals surface area (Å²) in [7, 11) is 0. The van der Waals surface area contributed by atoms with Crippen molar-refractivity contribution in [3.8, 4) is 5.69 Å². The number of rotatable bonds is 5. The molecule has 0 radical (unpaired) electrons. The standard InChI is InChI=1S/C20H29N5OS/c1-12-9-10-14(3)18(11-12)25-20(22-23-24-25)27-16(5)19(26)21-17-8-6-7-13(2)15(17)4/h9-11,13,15-17H,6-8H2,1-5H3,(H,21,26)/t13-,15-,16-,17+/m0/s1. The van der Waals surface area contributed by atoms with E-state index in [1.54, 1.807) is 4.68 Å². The number of tetrazole rings is 1. The van der Waals surface area contributed by atoms with Gasteiger partial charge in [-0.15, -0.1) is 5.10 Å². The molecule has 4 atom stereocenters. The Kier molecular flexibility index (Phi) is 6.19. The number of nitrogens with one attached hydrogen (secondary N) is 1. The fourth-order valence-electron chi connectivity index (χ4n) is 3.65. The second-order valence-corrected chi connectivity index (χ2v) is 9.11.